The van der Waals surface area contributed by atoms with Crippen LogP contribution < -0.4 is 4.90 Å². The van der Waals surface area contributed by atoms with E-state index in [2.05, 4.69) is 87.8 Å². The zero-order valence-electron chi connectivity index (χ0n) is 15.2. The Morgan fingerprint density at radius 2 is 1.41 bits per heavy atom. The summed E-state index contributed by atoms with van der Waals surface area (Å²) in [6, 6.07) is 10.8. The van der Waals surface area contributed by atoms with Crippen LogP contribution in [0.3, 0.4) is 0 Å². The molecule has 0 aromatic heterocycles. The average molecular weight is 300 g/mol. The second-order valence-electron chi connectivity index (χ2n) is 8.46. The van der Waals surface area contributed by atoms with Crippen LogP contribution in [-0.4, -0.2) is 31.1 Å². The van der Waals surface area contributed by atoms with Gasteiger partial charge in [-0.25, -0.2) is 0 Å². The van der Waals surface area contributed by atoms with E-state index < -0.39 is 0 Å². The Kier molecular flexibility index (Phi) is 4.89. The Morgan fingerprint density at radius 3 is 1.86 bits per heavy atom. The molecule has 1 fully saturated rings. The zero-order chi connectivity index (χ0) is 16.4. The molecule has 0 atom stereocenters. The minimum absolute atomic E-state index is 0.197. The van der Waals surface area contributed by atoms with Crippen LogP contribution in [0.1, 0.15) is 41.5 Å². The second kappa shape index (κ2) is 6.36. The fourth-order valence-electron chi connectivity index (χ4n) is 3.04. The third kappa shape index (κ3) is 4.53. The van der Waals surface area contributed by atoms with E-state index in [0.29, 0.717) is 0 Å². The Labute approximate surface area is 136 Å². The second-order valence-corrected chi connectivity index (χ2v) is 8.46. The van der Waals surface area contributed by atoms with Crippen LogP contribution in [0.5, 0.6) is 0 Å². The summed E-state index contributed by atoms with van der Waals surface area (Å²) in [5.74, 6) is 0. The summed E-state index contributed by atoms with van der Waals surface area (Å²) in [5, 5.41) is 0. The van der Waals surface area contributed by atoms with Gasteiger partial charge in [-0.1, -0.05) is 65.8 Å². The molecule has 122 valence electrons. The lowest BCUT2D eigenvalue weighted by Gasteiger charge is -2.43. The van der Waals surface area contributed by atoms with Crippen molar-refractivity contribution in [2.75, 3.05) is 31.1 Å². The number of allylic oxidation sites excluding steroid dienone is 2. The van der Waals surface area contributed by atoms with Crippen LogP contribution in [0.4, 0.5) is 5.69 Å². The lowest BCUT2D eigenvalue weighted by molar-refractivity contribution is 0.247. The molecule has 1 aromatic rings. The SMILES string of the molecule is CC(C)(C)/C=C(/N1CCN(c2ccccc2)CC1)C(C)(C)C. The summed E-state index contributed by atoms with van der Waals surface area (Å²) >= 11 is 0. The molecule has 0 amide bonds. The van der Waals surface area contributed by atoms with E-state index in [1.54, 1.807) is 0 Å². The summed E-state index contributed by atoms with van der Waals surface area (Å²) in [4.78, 5) is 5.08. The van der Waals surface area contributed by atoms with E-state index in [9.17, 15) is 0 Å². The lowest BCUT2D eigenvalue weighted by Crippen LogP contribution is -2.47. The van der Waals surface area contributed by atoms with Gasteiger partial charge in [-0.2, -0.15) is 0 Å². The number of anilines is 1. The average Bonchev–Trinajstić information content (AvgIpc) is 2.44. The number of hydrogen-bond acceptors (Lipinski definition) is 2. The number of benzene rings is 1. The number of hydrogen-bond donors (Lipinski definition) is 0. The maximum atomic E-state index is 2.59. The minimum atomic E-state index is 0.197. The molecule has 2 heteroatoms. The first-order chi connectivity index (χ1) is 10.2. The molecule has 1 aliphatic heterocycles. The lowest BCUT2D eigenvalue weighted by atomic mass is 9.84. The van der Waals surface area contributed by atoms with Gasteiger partial charge in [0.15, 0.2) is 0 Å². The quantitative estimate of drug-likeness (QED) is 0.775. The van der Waals surface area contributed by atoms with Crippen molar-refractivity contribution in [3.05, 3.63) is 42.1 Å². The van der Waals surface area contributed by atoms with Crippen molar-refractivity contribution in [3.63, 3.8) is 0 Å². The highest BCUT2D eigenvalue weighted by Crippen LogP contribution is 2.33. The van der Waals surface area contributed by atoms with Crippen molar-refractivity contribution >= 4 is 5.69 Å². The molecule has 0 saturated carbocycles. The first-order valence-corrected chi connectivity index (χ1v) is 8.45. The van der Waals surface area contributed by atoms with Crippen LogP contribution in [0.15, 0.2) is 42.1 Å². The molecule has 0 N–H and O–H groups in total. The smallest absolute Gasteiger partial charge is 0.0367 e. The first-order valence-electron chi connectivity index (χ1n) is 8.45. The molecule has 2 nitrogen and oxygen atoms in total. The van der Waals surface area contributed by atoms with Crippen molar-refractivity contribution in [2.24, 2.45) is 10.8 Å². The monoisotopic (exact) mass is 300 g/mol. The third-order valence-corrected chi connectivity index (χ3v) is 4.08. The Morgan fingerprint density at radius 1 is 0.864 bits per heavy atom. The zero-order valence-corrected chi connectivity index (χ0v) is 15.2. The summed E-state index contributed by atoms with van der Waals surface area (Å²) in [6.07, 6.45) is 2.46. The molecule has 2 rings (SSSR count). The highest BCUT2D eigenvalue weighted by atomic mass is 15.3. The predicted molar refractivity (Wildman–Crippen MR) is 97.2 cm³/mol. The largest absolute Gasteiger partial charge is 0.371 e. The Balaban J connectivity index is 2.10. The van der Waals surface area contributed by atoms with Crippen LogP contribution >= 0.6 is 0 Å². The van der Waals surface area contributed by atoms with Gasteiger partial charge in [-0.15, -0.1) is 0 Å². The van der Waals surface area contributed by atoms with Crippen LogP contribution in [0, 0.1) is 10.8 Å². The van der Waals surface area contributed by atoms with Gasteiger partial charge < -0.3 is 9.80 Å². The first kappa shape index (κ1) is 16.9. The molecule has 0 unspecified atom stereocenters. The fraction of sp³-hybridized carbons (Fsp3) is 0.600. The van der Waals surface area contributed by atoms with Gasteiger partial charge in [0, 0.05) is 43.0 Å². The van der Waals surface area contributed by atoms with Crippen LogP contribution in [-0.2, 0) is 0 Å². The van der Waals surface area contributed by atoms with Gasteiger partial charge >= 0.3 is 0 Å². The normalized spacial score (nSPS) is 17.8. The van der Waals surface area contributed by atoms with Gasteiger partial charge in [-0.05, 0) is 17.5 Å². The Hall–Kier alpha value is -1.44. The van der Waals surface area contributed by atoms with Crippen molar-refractivity contribution < 1.29 is 0 Å². The molecule has 0 spiro atoms. The van der Waals surface area contributed by atoms with Crippen molar-refractivity contribution in [1.82, 2.24) is 4.90 Å². The van der Waals surface area contributed by atoms with Gasteiger partial charge in [0.1, 0.15) is 0 Å². The molecule has 0 bridgehead atoms. The predicted octanol–water partition coefficient (Wildman–Crippen LogP) is 4.78. The summed E-state index contributed by atoms with van der Waals surface area (Å²) in [6.45, 7) is 18.3. The molecule has 1 saturated heterocycles. The molecular formula is C20H32N2. The topological polar surface area (TPSA) is 6.48 Å². The van der Waals surface area contributed by atoms with E-state index in [1.165, 1.54) is 11.4 Å². The van der Waals surface area contributed by atoms with Crippen LogP contribution in [0.25, 0.3) is 0 Å². The van der Waals surface area contributed by atoms with Gasteiger partial charge in [0.2, 0.25) is 0 Å². The van der Waals surface area contributed by atoms with E-state index >= 15 is 0 Å². The molecule has 0 radical (unpaired) electrons. The molecule has 0 aliphatic carbocycles. The third-order valence-electron chi connectivity index (χ3n) is 4.08. The number of para-hydroxylation sites is 1. The molecule has 1 aromatic carbocycles. The van der Waals surface area contributed by atoms with E-state index in [-0.39, 0.29) is 10.8 Å². The van der Waals surface area contributed by atoms with Crippen molar-refractivity contribution in [3.8, 4) is 0 Å². The molecule has 1 heterocycles. The number of piperazine rings is 1. The molecular weight excluding hydrogens is 268 g/mol. The van der Waals surface area contributed by atoms with E-state index in [4.69, 9.17) is 0 Å². The van der Waals surface area contributed by atoms with Gasteiger partial charge in [0.05, 0.1) is 0 Å². The summed E-state index contributed by atoms with van der Waals surface area (Å²) in [7, 11) is 0. The standard InChI is InChI=1S/C20H32N2/c1-19(2,3)16-18(20(4,5)6)22-14-12-21(13-15-22)17-10-8-7-9-11-17/h7-11,16H,12-15H2,1-6H3/b18-16+. The summed E-state index contributed by atoms with van der Waals surface area (Å²) < 4.78 is 0. The Bertz CT molecular complexity index is 495. The highest BCUT2D eigenvalue weighted by Gasteiger charge is 2.27. The summed E-state index contributed by atoms with van der Waals surface area (Å²) in [5.41, 5.74) is 3.26. The number of rotatable bonds is 2. The van der Waals surface area contributed by atoms with Crippen molar-refractivity contribution in [2.45, 2.75) is 41.5 Å². The van der Waals surface area contributed by atoms with Crippen LogP contribution in [0.2, 0.25) is 0 Å². The van der Waals surface area contributed by atoms with E-state index in [1.807, 2.05) is 0 Å². The maximum Gasteiger partial charge on any atom is 0.0367 e. The molecule has 1 aliphatic rings. The minimum Gasteiger partial charge on any atom is -0.371 e. The number of nitrogens with zero attached hydrogens (tertiary/aromatic N) is 2. The van der Waals surface area contributed by atoms with Crippen molar-refractivity contribution in [1.29, 1.82) is 0 Å². The van der Waals surface area contributed by atoms with Gasteiger partial charge in [-0.3, -0.25) is 0 Å². The highest BCUT2D eigenvalue weighted by molar-refractivity contribution is 5.46. The molecule has 22 heavy (non-hydrogen) atoms. The maximum absolute atomic E-state index is 2.59. The van der Waals surface area contributed by atoms with Gasteiger partial charge in [0.25, 0.3) is 0 Å². The van der Waals surface area contributed by atoms with E-state index in [0.717, 1.165) is 26.2 Å². The fourth-order valence-corrected chi connectivity index (χ4v) is 3.04.